The molecule has 0 spiro atoms. The normalized spacial score (nSPS) is 23.8. The van der Waals surface area contributed by atoms with Crippen molar-refractivity contribution in [1.82, 2.24) is 5.32 Å². The number of piperidine rings is 1. The van der Waals surface area contributed by atoms with E-state index in [1.54, 1.807) is 6.92 Å². The highest BCUT2D eigenvalue weighted by atomic mass is 16.1. The highest BCUT2D eigenvalue weighted by Crippen LogP contribution is 2.40. The van der Waals surface area contributed by atoms with Crippen LogP contribution in [0.3, 0.4) is 0 Å². The molecular formula is C18H29NO. The minimum absolute atomic E-state index is 0.326. The number of carbonyl (C=O) groups excluding carboxylic acids is 1. The standard InChI is InChI=1S/C18H29NO/c1-14-6-4-5-7-17(14)16(12-15(2)20)13-18(3)8-10-19-11-9-18/h5,7,16,19H,4,6,8-13H2,1-3H3. The smallest absolute Gasteiger partial charge is 0.130 e. The van der Waals surface area contributed by atoms with Gasteiger partial charge in [0.25, 0.3) is 0 Å². The predicted octanol–water partition coefficient (Wildman–Crippen LogP) is 4.03. The Labute approximate surface area is 123 Å². The Hall–Kier alpha value is -0.890. The van der Waals surface area contributed by atoms with E-state index in [0.29, 0.717) is 23.5 Å². The Morgan fingerprint density at radius 1 is 1.40 bits per heavy atom. The number of nitrogens with one attached hydrogen (secondary N) is 1. The van der Waals surface area contributed by atoms with Gasteiger partial charge in [-0.25, -0.2) is 0 Å². The largest absolute Gasteiger partial charge is 0.317 e. The molecule has 0 aromatic heterocycles. The van der Waals surface area contributed by atoms with E-state index in [0.717, 1.165) is 25.9 Å². The molecule has 1 aliphatic heterocycles. The average Bonchev–Trinajstić information content (AvgIpc) is 2.38. The molecule has 1 aliphatic carbocycles. The van der Waals surface area contributed by atoms with Crippen molar-refractivity contribution >= 4 is 5.78 Å². The second-order valence-electron chi connectivity index (χ2n) is 7.04. The molecule has 1 fully saturated rings. The topological polar surface area (TPSA) is 29.1 Å². The van der Waals surface area contributed by atoms with Crippen LogP contribution in [0.1, 0.15) is 59.3 Å². The van der Waals surface area contributed by atoms with E-state index in [4.69, 9.17) is 0 Å². The molecule has 0 aromatic carbocycles. The molecule has 0 bridgehead atoms. The lowest BCUT2D eigenvalue weighted by atomic mass is 9.70. The van der Waals surface area contributed by atoms with Crippen molar-refractivity contribution in [1.29, 1.82) is 0 Å². The van der Waals surface area contributed by atoms with Gasteiger partial charge < -0.3 is 10.1 Å². The second kappa shape index (κ2) is 6.71. The number of hydrogen-bond donors (Lipinski definition) is 1. The minimum Gasteiger partial charge on any atom is -0.317 e. The number of rotatable bonds is 5. The Kier molecular flexibility index (Phi) is 5.20. The van der Waals surface area contributed by atoms with Crippen molar-refractivity contribution in [2.75, 3.05) is 13.1 Å². The van der Waals surface area contributed by atoms with Crippen molar-refractivity contribution in [3.63, 3.8) is 0 Å². The van der Waals surface area contributed by atoms with Crippen LogP contribution in [0.4, 0.5) is 0 Å². The summed E-state index contributed by atoms with van der Waals surface area (Å²) >= 11 is 0. The summed E-state index contributed by atoms with van der Waals surface area (Å²) in [7, 11) is 0. The summed E-state index contributed by atoms with van der Waals surface area (Å²) in [4.78, 5) is 11.7. The zero-order valence-corrected chi connectivity index (χ0v) is 13.3. The molecule has 2 aliphatic rings. The van der Waals surface area contributed by atoms with Crippen LogP contribution in [0.15, 0.2) is 23.3 Å². The fraction of sp³-hybridized carbons (Fsp3) is 0.722. The SMILES string of the molecule is CC(=O)CC(CC1(C)CCNCC1)C1=C(C)CCC=C1. The Bertz CT molecular complexity index is 413. The molecule has 2 heteroatoms. The molecule has 0 saturated carbocycles. The van der Waals surface area contributed by atoms with Crippen molar-refractivity contribution in [3.8, 4) is 0 Å². The Morgan fingerprint density at radius 2 is 2.10 bits per heavy atom. The van der Waals surface area contributed by atoms with Gasteiger partial charge in [-0.2, -0.15) is 0 Å². The summed E-state index contributed by atoms with van der Waals surface area (Å²) in [6, 6.07) is 0. The van der Waals surface area contributed by atoms with Gasteiger partial charge in [-0.15, -0.1) is 0 Å². The van der Waals surface area contributed by atoms with Gasteiger partial charge in [-0.05, 0) is 75.9 Å². The van der Waals surface area contributed by atoms with Crippen LogP contribution in [-0.4, -0.2) is 18.9 Å². The first-order chi connectivity index (χ1) is 9.50. The number of Topliss-reactive ketones (excluding diaryl/α,β-unsaturated/α-hetero) is 1. The molecule has 1 N–H and O–H groups in total. The molecule has 0 amide bonds. The Morgan fingerprint density at radius 3 is 2.70 bits per heavy atom. The van der Waals surface area contributed by atoms with Crippen LogP contribution < -0.4 is 5.32 Å². The minimum atomic E-state index is 0.326. The first-order valence-corrected chi connectivity index (χ1v) is 8.06. The summed E-state index contributed by atoms with van der Waals surface area (Å²) < 4.78 is 0. The zero-order valence-electron chi connectivity index (χ0n) is 13.3. The maximum Gasteiger partial charge on any atom is 0.130 e. The summed E-state index contributed by atoms with van der Waals surface area (Å²) in [5.74, 6) is 0.749. The summed E-state index contributed by atoms with van der Waals surface area (Å²) in [6.45, 7) is 8.63. The van der Waals surface area contributed by atoms with Crippen LogP contribution >= 0.6 is 0 Å². The molecule has 1 unspecified atom stereocenters. The lowest BCUT2D eigenvalue weighted by Gasteiger charge is -2.38. The summed E-state index contributed by atoms with van der Waals surface area (Å²) in [5, 5.41) is 3.45. The van der Waals surface area contributed by atoms with Crippen molar-refractivity contribution in [3.05, 3.63) is 23.3 Å². The molecule has 0 aromatic rings. The van der Waals surface area contributed by atoms with Crippen molar-refractivity contribution in [2.45, 2.75) is 59.3 Å². The summed E-state index contributed by atoms with van der Waals surface area (Å²) in [6.07, 6.45) is 11.2. The summed E-state index contributed by atoms with van der Waals surface area (Å²) in [5.41, 5.74) is 3.34. The molecule has 112 valence electrons. The monoisotopic (exact) mass is 275 g/mol. The molecular weight excluding hydrogens is 246 g/mol. The van der Waals surface area contributed by atoms with Gasteiger partial charge in [-0.1, -0.05) is 24.6 Å². The first kappa shape index (κ1) is 15.5. The third-order valence-corrected chi connectivity index (χ3v) is 5.00. The van der Waals surface area contributed by atoms with Crippen molar-refractivity contribution < 1.29 is 4.79 Å². The van der Waals surface area contributed by atoms with Gasteiger partial charge in [0.1, 0.15) is 5.78 Å². The van der Waals surface area contributed by atoms with Crippen LogP contribution in [0.5, 0.6) is 0 Å². The fourth-order valence-electron chi connectivity index (χ4n) is 3.75. The third-order valence-electron chi connectivity index (χ3n) is 5.00. The van der Waals surface area contributed by atoms with E-state index in [-0.39, 0.29) is 0 Å². The van der Waals surface area contributed by atoms with E-state index in [1.807, 2.05) is 0 Å². The van der Waals surface area contributed by atoms with E-state index < -0.39 is 0 Å². The predicted molar refractivity (Wildman–Crippen MR) is 84.7 cm³/mol. The van der Waals surface area contributed by atoms with Gasteiger partial charge in [-0.3, -0.25) is 0 Å². The van der Waals surface area contributed by atoms with Gasteiger partial charge >= 0.3 is 0 Å². The third kappa shape index (κ3) is 4.05. The molecule has 1 atom stereocenters. The maximum atomic E-state index is 11.7. The van der Waals surface area contributed by atoms with E-state index in [1.165, 1.54) is 30.4 Å². The van der Waals surface area contributed by atoms with Gasteiger partial charge in [0, 0.05) is 6.42 Å². The number of carbonyl (C=O) groups is 1. The van der Waals surface area contributed by atoms with Gasteiger partial charge in [0.15, 0.2) is 0 Å². The number of hydrogen-bond acceptors (Lipinski definition) is 2. The molecule has 1 heterocycles. The quantitative estimate of drug-likeness (QED) is 0.821. The molecule has 2 nitrogen and oxygen atoms in total. The highest BCUT2D eigenvalue weighted by Gasteiger charge is 2.32. The number of ketones is 1. The maximum absolute atomic E-state index is 11.7. The van der Waals surface area contributed by atoms with Crippen molar-refractivity contribution in [2.24, 2.45) is 11.3 Å². The van der Waals surface area contributed by atoms with Crippen LogP contribution in [-0.2, 0) is 4.79 Å². The lowest BCUT2D eigenvalue weighted by molar-refractivity contribution is -0.117. The second-order valence-corrected chi connectivity index (χ2v) is 7.04. The molecule has 20 heavy (non-hydrogen) atoms. The van der Waals surface area contributed by atoms with Gasteiger partial charge in [0.2, 0.25) is 0 Å². The molecule has 0 radical (unpaired) electrons. The van der Waals surface area contributed by atoms with Crippen LogP contribution in [0, 0.1) is 11.3 Å². The molecule has 2 rings (SSSR count). The highest BCUT2D eigenvalue weighted by molar-refractivity contribution is 5.76. The van der Waals surface area contributed by atoms with Crippen LogP contribution in [0.2, 0.25) is 0 Å². The zero-order chi connectivity index (χ0) is 14.6. The average molecular weight is 275 g/mol. The first-order valence-electron chi connectivity index (χ1n) is 8.06. The lowest BCUT2D eigenvalue weighted by Crippen LogP contribution is -2.36. The van der Waals surface area contributed by atoms with E-state index >= 15 is 0 Å². The number of allylic oxidation sites excluding steroid dienone is 4. The van der Waals surface area contributed by atoms with Crippen LogP contribution in [0.25, 0.3) is 0 Å². The van der Waals surface area contributed by atoms with E-state index in [2.05, 4.69) is 31.3 Å². The molecule has 1 saturated heterocycles. The van der Waals surface area contributed by atoms with E-state index in [9.17, 15) is 4.79 Å². The van der Waals surface area contributed by atoms with Gasteiger partial charge in [0.05, 0.1) is 0 Å². The fourth-order valence-corrected chi connectivity index (χ4v) is 3.75. The Balaban J connectivity index is 2.15.